The van der Waals surface area contributed by atoms with Gasteiger partial charge >= 0.3 is 0 Å². The van der Waals surface area contributed by atoms with Crippen LogP contribution in [0, 0.1) is 5.41 Å². The lowest BCUT2D eigenvalue weighted by Gasteiger charge is -2.43. The standard InChI is InChI=1S/C12H24BrN/c1-3-4-5-9-14(2)11-12(10-13)7-6-8-12/h3-11H2,1-2H3. The van der Waals surface area contributed by atoms with Crippen molar-refractivity contribution >= 4 is 15.9 Å². The van der Waals surface area contributed by atoms with Crippen LogP contribution in [0.25, 0.3) is 0 Å². The van der Waals surface area contributed by atoms with Crippen molar-refractivity contribution in [1.82, 2.24) is 4.90 Å². The fraction of sp³-hybridized carbons (Fsp3) is 1.00. The third-order valence-electron chi connectivity index (χ3n) is 3.45. The molecule has 0 aromatic heterocycles. The highest BCUT2D eigenvalue weighted by Crippen LogP contribution is 2.42. The summed E-state index contributed by atoms with van der Waals surface area (Å²) in [5, 5.41) is 1.19. The van der Waals surface area contributed by atoms with Gasteiger partial charge in [-0.25, -0.2) is 0 Å². The molecule has 0 radical (unpaired) electrons. The Morgan fingerprint density at radius 3 is 2.43 bits per heavy atom. The van der Waals surface area contributed by atoms with E-state index in [4.69, 9.17) is 0 Å². The first-order valence-electron chi connectivity index (χ1n) is 5.97. The van der Waals surface area contributed by atoms with E-state index < -0.39 is 0 Å². The van der Waals surface area contributed by atoms with Crippen LogP contribution in [0.4, 0.5) is 0 Å². The summed E-state index contributed by atoms with van der Waals surface area (Å²) in [6.45, 7) is 4.84. The highest BCUT2D eigenvalue weighted by molar-refractivity contribution is 9.09. The van der Waals surface area contributed by atoms with Crippen molar-refractivity contribution in [1.29, 1.82) is 0 Å². The van der Waals surface area contributed by atoms with Crippen LogP contribution in [0.5, 0.6) is 0 Å². The molecule has 1 fully saturated rings. The van der Waals surface area contributed by atoms with Crippen molar-refractivity contribution in [2.75, 3.05) is 25.5 Å². The quantitative estimate of drug-likeness (QED) is 0.500. The molecule has 1 nitrogen and oxygen atoms in total. The van der Waals surface area contributed by atoms with Crippen LogP contribution in [0.2, 0.25) is 0 Å². The molecule has 2 heteroatoms. The average Bonchev–Trinajstić information content (AvgIpc) is 2.12. The van der Waals surface area contributed by atoms with Gasteiger partial charge < -0.3 is 4.90 Å². The highest BCUT2D eigenvalue weighted by Gasteiger charge is 2.36. The monoisotopic (exact) mass is 261 g/mol. The molecule has 1 rings (SSSR count). The number of nitrogens with zero attached hydrogens (tertiary/aromatic N) is 1. The van der Waals surface area contributed by atoms with E-state index >= 15 is 0 Å². The summed E-state index contributed by atoms with van der Waals surface area (Å²) in [5.74, 6) is 0. The molecule has 0 bridgehead atoms. The lowest BCUT2D eigenvalue weighted by atomic mass is 9.70. The molecule has 0 aliphatic heterocycles. The average molecular weight is 262 g/mol. The third kappa shape index (κ3) is 3.54. The van der Waals surface area contributed by atoms with E-state index in [-0.39, 0.29) is 0 Å². The minimum atomic E-state index is 0.626. The maximum Gasteiger partial charge on any atom is 0.0100 e. The van der Waals surface area contributed by atoms with Crippen LogP contribution < -0.4 is 0 Å². The van der Waals surface area contributed by atoms with Crippen LogP contribution >= 0.6 is 15.9 Å². The minimum absolute atomic E-state index is 0.626. The molecule has 1 saturated carbocycles. The van der Waals surface area contributed by atoms with Crippen molar-refractivity contribution in [2.45, 2.75) is 45.4 Å². The molecule has 1 aliphatic rings. The Morgan fingerprint density at radius 2 is 2.00 bits per heavy atom. The Labute approximate surface area is 97.4 Å². The fourth-order valence-electron chi connectivity index (χ4n) is 2.29. The third-order valence-corrected chi connectivity index (χ3v) is 4.64. The van der Waals surface area contributed by atoms with E-state index in [0.29, 0.717) is 5.41 Å². The van der Waals surface area contributed by atoms with Crippen LogP contribution in [-0.4, -0.2) is 30.4 Å². The van der Waals surface area contributed by atoms with E-state index in [9.17, 15) is 0 Å². The van der Waals surface area contributed by atoms with Gasteiger partial charge in [0.25, 0.3) is 0 Å². The second kappa shape index (κ2) is 6.12. The van der Waals surface area contributed by atoms with Gasteiger partial charge in [-0.05, 0) is 38.3 Å². The lowest BCUT2D eigenvalue weighted by Crippen LogP contribution is -2.42. The number of rotatable bonds is 7. The SMILES string of the molecule is CCCCCN(C)CC1(CBr)CCC1. The Bertz CT molecular complexity index is 149. The zero-order chi connectivity index (χ0) is 10.4. The zero-order valence-corrected chi connectivity index (χ0v) is 11.3. The van der Waals surface area contributed by atoms with Crippen molar-refractivity contribution in [2.24, 2.45) is 5.41 Å². The molecule has 0 spiro atoms. The van der Waals surface area contributed by atoms with Gasteiger partial charge in [0.05, 0.1) is 0 Å². The molecule has 14 heavy (non-hydrogen) atoms. The maximum absolute atomic E-state index is 3.67. The maximum atomic E-state index is 3.67. The first-order valence-corrected chi connectivity index (χ1v) is 7.09. The van der Waals surface area contributed by atoms with Crippen LogP contribution in [0.1, 0.15) is 45.4 Å². The van der Waals surface area contributed by atoms with E-state index in [1.54, 1.807) is 0 Å². The molecule has 0 heterocycles. The van der Waals surface area contributed by atoms with Crippen molar-refractivity contribution in [3.05, 3.63) is 0 Å². The first-order chi connectivity index (χ1) is 6.72. The molecule has 0 N–H and O–H groups in total. The summed E-state index contributed by atoms with van der Waals surface area (Å²) in [7, 11) is 2.28. The van der Waals surface area contributed by atoms with Gasteiger partial charge in [0.2, 0.25) is 0 Å². The molecule has 0 saturated heterocycles. The highest BCUT2D eigenvalue weighted by atomic mass is 79.9. The first kappa shape index (κ1) is 12.5. The topological polar surface area (TPSA) is 3.24 Å². The van der Waals surface area contributed by atoms with Gasteiger partial charge in [0.15, 0.2) is 0 Å². The smallest absolute Gasteiger partial charge is 0.0100 e. The summed E-state index contributed by atoms with van der Waals surface area (Å²) in [4.78, 5) is 2.52. The zero-order valence-electron chi connectivity index (χ0n) is 9.69. The van der Waals surface area contributed by atoms with Gasteiger partial charge in [-0.15, -0.1) is 0 Å². The Balaban J connectivity index is 2.15. The van der Waals surface area contributed by atoms with E-state index in [0.717, 1.165) is 0 Å². The largest absolute Gasteiger partial charge is 0.306 e. The summed E-state index contributed by atoms with van der Waals surface area (Å²) < 4.78 is 0. The summed E-state index contributed by atoms with van der Waals surface area (Å²) >= 11 is 3.67. The van der Waals surface area contributed by atoms with Crippen LogP contribution in [0.15, 0.2) is 0 Å². The predicted molar refractivity (Wildman–Crippen MR) is 67.1 cm³/mol. The molecule has 0 aromatic carbocycles. The number of hydrogen-bond donors (Lipinski definition) is 0. The Kier molecular flexibility index (Phi) is 5.47. The number of alkyl halides is 1. The van der Waals surface area contributed by atoms with Crippen molar-refractivity contribution in [3.63, 3.8) is 0 Å². The second-order valence-corrected chi connectivity index (χ2v) is 5.49. The molecular weight excluding hydrogens is 238 g/mol. The molecular formula is C12H24BrN. The number of hydrogen-bond acceptors (Lipinski definition) is 1. The van der Waals surface area contributed by atoms with Crippen molar-refractivity contribution in [3.8, 4) is 0 Å². The minimum Gasteiger partial charge on any atom is -0.306 e. The van der Waals surface area contributed by atoms with Gasteiger partial charge in [0.1, 0.15) is 0 Å². The van der Waals surface area contributed by atoms with E-state index in [1.807, 2.05) is 0 Å². The lowest BCUT2D eigenvalue weighted by molar-refractivity contribution is 0.105. The number of halogens is 1. The normalized spacial score (nSPS) is 19.7. The van der Waals surface area contributed by atoms with Gasteiger partial charge in [-0.1, -0.05) is 42.1 Å². The Morgan fingerprint density at radius 1 is 1.29 bits per heavy atom. The van der Waals surface area contributed by atoms with E-state index in [1.165, 1.54) is 56.9 Å². The van der Waals surface area contributed by atoms with Crippen LogP contribution in [-0.2, 0) is 0 Å². The Hall–Kier alpha value is 0.440. The predicted octanol–water partition coefficient (Wildman–Crippen LogP) is 3.67. The molecule has 0 unspecified atom stereocenters. The molecule has 84 valence electrons. The molecule has 0 atom stereocenters. The number of unbranched alkanes of at least 4 members (excludes halogenated alkanes) is 2. The van der Waals surface area contributed by atoms with E-state index in [2.05, 4.69) is 34.8 Å². The molecule has 0 amide bonds. The molecule has 1 aliphatic carbocycles. The molecule has 0 aromatic rings. The summed E-state index contributed by atoms with van der Waals surface area (Å²) in [6.07, 6.45) is 8.37. The summed E-state index contributed by atoms with van der Waals surface area (Å²) in [6, 6.07) is 0. The van der Waals surface area contributed by atoms with Crippen molar-refractivity contribution < 1.29 is 0 Å². The van der Waals surface area contributed by atoms with Gasteiger partial charge in [-0.3, -0.25) is 0 Å². The second-order valence-electron chi connectivity index (χ2n) is 4.93. The van der Waals surface area contributed by atoms with Crippen LogP contribution in [0.3, 0.4) is 0 Å². The summed E-state index contributed by atoms with van der Waals surface area (Å²) in [5.41, 5.74) is 0.626. The fourth-order valence-corrected chi connectivity index (χ4v) is 3.03. The van der Waals surface area contributed by atoms with Gasteiger partial charge in [0, 0.05) is 11.9 Å². The van der Waals surface area contributed by atoms with Gasteiger partial charge in [-0.2, -0.15) is 0 Å².